The van der Waals surface area contributed by atoms with Crippen LogP contribution in [0.25, 0.3) is 22.6 Å². The van der Waals surface area contributed by atoms with Gasteiger partial charge in [0.05, 0.1) is 17.6 Å². The van der Waals surface area contributed by atoms with Crippen LogP contribution in [0.5, 0.6) is 5.75 Å². The van der Waals surface area contributed by atoms with Crippen LogP contribution in [0, 0.1) is 5.92 Å². The van der Waals surface area contributed by atoms with Crippen LogP contribution in [-0.4, -0.2) is 23.1 Å². The van der Waals surface area contributed by atoms with E-state index in [9.17, 15) is 0 Å². The van der Waals surface area contributed by atoms with Gasteiger partial charge in [0, 0.05) is 17.0 Å². The van der Waals surface area contributed by atoms with Crippen LogP contribution >= 0.6 is 11.6 Å². The molecule has 5 nitrogen and oxygen atoms in total. The normalized spacial score (nSPS) is 11.5. The van der Waals surface area contributed by atoms with Crippen molar-refractivity contribution in [2.45, 2.75) is 26.7 Å². The van der Waals surface area contributed by atoms with Gasteiger partial charge in [-0.25, -0.2) is 4.98 Å². The Balaban J connectivity index is 1.56. The number of aromatic amines is 1. The summed E-state index contributed by atoms with van der Waals surface area (Å²) in [6.45, 7) is 5.53. The van der Waals surface area contributed by atoms with Gasteiger partial charge in [-0.2, -0.15) is 0 Å². The van der Waals surface area contributed by atoms with Crippen LogP contribution in [0.2, 0.25) is 5.02 Å². The third-order valence-electron chi connectivity index (χ3n) is 4.83. The number of aromatic nitrogens is 2. The molecular formula is C24H26ClN3O2. The molecule has 0 bridgehead atoms. The molecular weight excluding hydrogens is 398 g/mol. The lowest BCUT2D eigenvalue weighted by Gasteiger charge is -2.13. The number of rotatable bonds is 8. The SMILES string of the molecule is CC(C)COc1ccc(Cl)cc1Cc1ccc(-c2nc3ccc(CCN)cc3[nH]2)o1. The van der Waals surface area contributed by atoms with Gasteiger partial charge >= 0.3 is 0 Å². The largest absolute Gasteiger partial charge is 0.493 e. The number of fused-ring (bicyclic) bond motifs is 1. The quantitative estimate of drug-likeness (QED) is 0.386. The second kappa shape index (κ2) is 8.94. The smallest absolute Gasteiger partial charge is 0.174 e. The van der Waals surface area contributed by atoms with Crippen molar-refractivity contribution in [3.63, 3.8) is 0 Å². The highest BCUT2D eigenvalue weighted by atomic mass is 35.5. The summed E-state index contributed by atoms with van der Waals surface area (Å²) in [5.74, 6) is 3.52. The van der Waals surface area contributed by atoms with Gasteiger partial charge in [0.1, 0.15) is 11.5 Å². The molecule has 30 heavy (non-hydrogen) atoms. The summed E-state index contributed by atoms with van der Waals surface area (Å²) in [5.41, 5.74) is 9.74. The van der Waals surface area contributed by atoms with E-state index in [1.165, 1.54) is 5.56 Å². The number of benzene rings is 2. The van der Waals surface area contributed by atoms with Crippen molar-refractivity contribution in [1.82, 2.24) is 9.97 Å². The molecule has 156 valence electrons. The van der Waals surface area contributed by atoms with E-state index in [0.29, 0.717) is 42.1 Å². The fourth-order valence-electron chi connectivity index (χ4n) is 3.37. The molecule has 0 spiro atoms. The lowest BCUT2D eigenvalue weighted by molar-refractivity contribution is 0.268. The number of nitrogens with one attached hydrogen (secondary N) is 1. The summed E-state index contributed by atoms with van der Waals surface area (Å²) >= 11 is 6.22. The van der Waals surface area contributed by atoms with E-state index in [1.54, 1.807) is 0 Å². The van der Waals surface area contributed by atoms with Crippen LogP contribution in [0.15, 0.2) is 52.9 Å². The van der Waals surface area contributed by atoms with Gasteiger partial charge in [-0.1, -0.05) is 31.5 Å². The number of nitrogens with two attached hydrogens (primary N) is 1. The number of ether oxygens (including phenoxy) is 1. The van der Waals surface area contributed by atoms with Gasteiger partial charge in [0.15, 0.2) is 11.6 Å². The Labute approximate surface area is 181 Å². The topological polar surface area (TPSA) is 77.1 Å². The molecule has 0 radical (unpaired) electrons. The molecule has 0 fully saturated rings. The number of hydrogen-bond acceptors (Lipinski definition) is 4. The first-order valence-electron chi connectivity index (χ1n) is 10.2. The van der Waals surface area contributed by atoms with E-state index in [1.807, 2.05) is 36.4 Å². The molecule has 2 heterocycles. The Morgan fingerprint density at radius 1 is 1.13 bits per heavy atom. The van der Waals surface area contributed by atoms with Gasteiger partial charge < -0.3 is 19.9 Å². The zero-order valence-corrected chi connectivity index (χ0v) is 18.0. The highest BCUT2D eigenvalue weighted by molar-refractivity contribution is 6.30. The zero-order chi connectivity index (χ0) is 21.1. The first kappa shape index (κ1) is 20.5. The van der Waals surface area contributed by atoms with E-state index in [-0.39, 0.29) is 0 Å². The second-order valence-corrected chi connectivity index (χ2v) is 8.31. The van der Waals surface area contributed by atoms with Crippen molar-refractivity contribution < 1.29 is 9.15 Å². The lowest BCUT2D eigenvalue weighted by Crippen LogP contribution is -2.06. The summed E-state index contributed by atoms with van der Waals surface area (Å²) in [4.78, 5) is 8.01. The monoisotopic (exact) mass is 423 g/mol. The molecule has 0 aliphatic carbocycles. The fourth-order valence-corrected chi connectivity index (χ4v) is 3.56. The Morgan fingerprint density at radius 2 is 2.00 bits per heavy atom. The first-order chi connectivity index (χ1) is 14.5. The zero-order valence-electron chi connectivity index (χ0n) is 17.2. The third-order valence-corrected chi connectivity index (χ3v) is 5.07. The highest BCUT2D eigenvalue weighted by Gasteiger charge is 2.13. The number of nitrogens with zero attached hydrogens (tertiary/aromatic N) is 1. The lowest BCUT2D eigenvalue weighted by atomic mass is 10.1. The molecule has 3 N–H and O–H groups in total. The maximum atomic E-state index is 6.22. The Hall–Kier alpha value is -2.76. The number of halogens is 1. The number of H-pyrrole nitrogens is 1. The van der Waals surface area contributed by atoms with Crippen molar-refractivity contribution in [3.8, 4) is 17.3 Å². The molecule has 0 aliphatic heterocycles. The highest BCUT2D eigenvalue weighted by Crippen LogP contribution is 2.29. The van der Waals surface area contributed by atoms with E-state index in [2.05, 4.69) is 35.9 Å². The minimum absolute atomic E-state index is 0.446. The fraction of sp³-hybridized carbons (Fsp3) is 0.292. The van der Waals surface area contributed by atoms with Crippen LogP contribution in [0.4, 0.5) is 0 Å². The molecule has 0 unspecified atom stereocenters. The Bertz CT molecular complexity index is 1150. The van der Waals surface area contributed by atoms with Crippen molar-refractivity contribution in [1.29, 1.82) is 0 Å². The minimum Gasteiger partial charge on any atom is -0.493 e. The molecule has 0 saturated heterocycles. The molecule has 4 aromatic rings. The Kier molecular flexibility index (Phi) is 6.11. The van der Waals surface area contributed by atoms with Crippen LogP contribution < -0.4 is 10.5 Å². The van der Waals surface area contributed by atoms with Crippen LogP contribution in [0.3, 0.4) is 0 Å². The molecule has 2 aromatic heterocycles. The molecule has 4 rings (SSSR count). The van der Waals surface area contributed by atoms with Gasteiger partial charge in [-0.15, -0.1) is 0 Å². The van der Waals surface area contributed by atoms with Crippen molar-refractivity contribution >= 4 is 22.6 Å². The predicted octanol–water partition coefficient (Wildman–Crippen LogP) is 5.60. The third kappa shape index (κ3) is 4.69. The van der Waals surface area contributed by atoms with Gasteiger partial charge in [0.25, 0.3) is 0 Å². The minimum atomic E-state index is 0.446. The maximum absolute atomic E-state index is 6.22. The average Bonchev–Trinajstić information content (AvgIpc) is 3.34. The molecule has 0 saturated carbocycles. The van der Waals surface area contributed by atoms with Crippen molar-refractivity contribution in [3.05, 3.63) is 70.4 Å². The van der Waals surface area contributed by atoms with Crippen LogP contribution in [-0.2, 0) is 12.8 Å². The number of furan rings is 1. The molecule has 0 amide bonds. The predicted molar refractivity (Wildman–Crippen MR) is 121 cm³/mol. The summed E-state index contributed by atoms with van der Waals surface area (Å²) in [7, 11) is 0. The molecule has 2 aromatic carbocycles. The first-order valence-corrected chi connectivity index (χ1v) is 10.6. The summed E-state index contributed by atoms with van der Waals surface area (Å²) in [5, 5.41) is 0.680. The van der Waals surface area contributed by atoms with Gasteiger partial charge in [-0.05, 0) is 66.9 Å². The summed E-state index contributed by atoms with van der Waals surface area (Å²) < 4.78 is 12.0. The molecule has 0 aliphatic rings. The standard InChI is InChI=1S/C24H26ClN3O2/c1-15(2)14-29-22-7-4-18(25)12-17(22)13-19-5-8-23(30-19)24-27-20-6-3-16(9-10-26)11-21(20)28-24/h3-8,11-12,15H,9-10,13-14,26H2,1-2H3,(H,27,28). The van der Waals surface area contributed by atoms with Gasteiger partial charge in [0.2, 0.25) is 0 Å². The second-order valence-electron chi connectivity index (χ2n) is 7.88. The van der Waals surface area contributed by atoms with E-state index >= 15 is 0 Å². The van der Waals surface area contributed by atoms with E-state index < -0.39 is 0 Å². The van der Waals surface area contributed by atoms with E-state index in [0.717, 1.165) is 34.5 Å². The summed E-state index contributed by atoms with van der Waals surface area (Å²) in [6, 6.07) is 15.8. The Morgan fingerprint density at radius 3 is 2.80 bits per heavy atom. The number of imidazole rings is 1. The van der Waals surface area contributed by atoms with Crippen molar-refractivity contribution in [2.24, 2.45) is 11.7 Å². The molecule has 6 heteroatoms. The summed E-state index contributed by atoms with van der Waals surface area (Å²) in [6.07, 6.45) is 1.44. The number of hydrogen-bond donors (Lipinski definition) is 2. The van der Waals surface area contributed by atoms with Gasteiger partial charge in [-0.3, -0.25) is 0 Å². The maximum Gasteiger partial charge on any atom is 0.174 e. The average molecular weight is 424 g/mol. The van der Waals surface area contributed by atoms with E-state index in [4.69, 9.17) is 26.5 Å². The van der Waals surface area contributed by atoms with Crippen LogP contribution in [0.1, 0.15) is 30.7 Å². The molecule has 0 atom stereocenters. The van der Waals surface area contributed by atoms with Crippen molar-refractivity contribution in [2.75, 3.05) is 13.2 Å².